The molecule has 1 aliphatic carbocycles. The van der Waals surface area contributed by atoms with Gasteiger partial charge in [-0.3, -0.25) is 9.89 Å². The fourth-order valence-electron chi connectivity index (χ4n) is 4.03. The lowest BCUT2D eigenvalue weighted by molar-refractivity contribution is -0.133. The van der Waals surface area contributed by atoms with Crippen LogP contribution in [0.3, 0.4) is 0 Å². The van der Waals surface area contributed by atoms with E-state index in [0.717, 1.165) is 44.4 Å². The van der Waals surface area contributed by atoms with Crippen molar-refractivity contribution in [2.24, 2.45) is 0 Å². The zero-order chi connectivity index (χ0) is 17.8. The van der Waals surface area contributed by atoms with Crippen LogP contribution in [0.15, 0.2) is 16.8 Å². The fourth-order valence-corrected chi connectivity index (χ4v) is 4.69. The molecule has 26 heavy (non-hydrogen) atoms. The van der Waals surface area contributed by atoms with Crippen molar-refractivity contribution in [2.45, 2.75) is 64.0 Å². The third kappa shape index (κ3) is 4.18. The molecule has 140 valence electrons. The van der Waals surface area contributed by atoms with Crippen molar-refractivity contribution in [3.05, 3.63) is 39.3 Å². The first-order chi connectivity index (χ1) is 12.8. The molecule has 0 aromatic carbocycles. The molecule has 1 N–H and O–H groups in total. The number of aromatic nitrogens is 2. The summed E-state index contributed by atoms with van der Waals surface area (Å²) < 4.78 is 5.77. The zero-order valence-electron chi connectivity index (χ0n) is 15.2. The number of hydrogen-bond acceptors (Lipinski definition) is 4. The van der Waals surface area contributed by atoms with Gasteiger partial charge in [0.2, 0.25) is 5.91 Å². The first-order valence-electron chi connectivity index (χ1n) is 9.75. The van der Waals surface area contributed by atoms with Crippen LogP contribution in [0.4, 0.5) is 0 Å². The highest BCUT2D eigenvalue weighted by Gasteiger charge is 2.24. The number of nitrogens with zero attached hydrogens (tertiary/aromatic N) is 2. The van der Waals surface area contributed by atoms with Crippen LogP contribution in [0.2, 0.25) is 0 Å². The molecule has 1 fully saturated rings. The SMILES string of the molecule is O=C(CCc1n[nH]c2c1CCCC2)N(Cc1ccsc1)C[C@H]1CCCO1. The van der Waals surface area contributed by atoms with E-state index in [0.29, 0.717) is 19.5 Å². The number of fused-ring (bicyclic) bond motifs is 1. The number of carbonyl (C=O) groups is 1. The van der Waals surface area contributed by atoms with Gasteiger partial charge < -0.3 is 9.64 Å². The first-order valence-corrected chi connectivity index (χ1v) is 10.7. The van der Waals surface area contributed by atoms with Gasteiger partial charge in [-0.05, 0) is 66.5 Å². The standard InChI is InChI=1S/C20H27N3O2S/c24-20(8-7-19-17-5-1-2-6-18(17)21-22-19)23(12-15-9-11-26-14-15)13-16-4-3-10-25-16/h9,11,14,16H,1-8,10,12-13H2,(H,21,22)/t16-/m1/s1. The maximum Gasteiger partial charge on any atom is 0.223 e. The Kier molecular flexibility index (Phi) is 5.70. The molecule has 0 bridgehead atoms. The van der Waals surface area contributed by atoms with Crippen LogP contribution in [-0.4, -0.2) is 40.3 Å². The van der Waals surface area contributed by atoms with Gasteiger partial charge in [0, 0.05) is 38.2 Å². The number of thiophene rings is 1. The number of nitrogens with one attached hydrogen (secondary N) is 1. The molecular weight excluding hydrogens is 346 g/mol. The van der Waals surface area contributed by atoms with E-state index in [1.165, 1.54) is 29.7 Å². The first kappa shape index (κ1) is 17.7. The average molecular weight is 374 g/mol. The molecule has 0 unspecified atom stereocenters. The average Bonchev–Trinajstić information content (AvgIpc) is 3.41. The summed E-state index contributed by atoms with van der Waals surface area (Å²) in [4.78, 5) is 14.9. The van der Waals surface area contributed by atoms with E-state index >= 15 is 0 Å². The maximum absolute atomic E-state index is 13.0. The quantitative estimate of drug-likeness (QED) is 0.808. The van der Waals surface area contributed by atoms with E-state index in [4.69, 9.17) is 4.74 Å². The molecule has 0 spiro atoms. The Balaban J connectivity index is 1.39. The monoisotopic (exact) mass is 373 g/mol. The number of aryl methyl sites for hydroxylation is 2. The molecule has 3 heterocycles. The lowest BCUT2D eigenvalue weighted by Gasteiger charge is -2.25. The van der Waals surface area contributed by atoms with E-state index < -0.39 is 0 Å². The van der Waals surface area contributed by atoms with Crippen LogP contribution >= 0.6 is 11.3 Å². The minimum atomic E-state index is 0.190. The Hall–Kier alpha value is -1.66. The summed E-state index contributed by atoms with van der Waals surface area (Å²) in [6.45, 7) is 2.21. The van der Waals surface area contributed by atoms with Gasteiger partial charge in [0.15, 0.2) is 0 Å². The van der Waals surface area contributed by atoms with Crippen molar-refractivity contribution in [3.8, 4) is 0 Å². The van der Waals surface area contributed by atoms with Crippen LogP contribution < -0.4 is 0 Å². The van der Waals surface area contributed by atoms with Crippen molar-refractivity contribution in [1.82, 2.24) is 15.1 Å². The summed E-state index contributed by atoms with van der Waals surface area (Å²) in [5.74, 6) is 0.208. The maximum atomic E-state index is 13.0. The zero-order valence-corrected chi connectivity index (χ0v) is 16.0. The molecule has 2 aromatic heterocycles. The van der Waals surface area contributed by atoms with E-state index in [2.05, 4.69) is 27.0 Å². The molecule has 2 aromatic rings. The number of hydrogen-bond donors (Lipinski definition) is 1. The van der Waals surface area contributed by atoms with Gasteiger partial charge in [-0.15, -0.1) is 0 Å². The second-order valence-corrected chi connectivity index (χ2v) is 8.16. The summed E-state index contributed by atoms with van der Waals surface area (Å²) in [6, 6.07) is 2.10. The topological polar surface area (TPSA) is 58.2 Å². The second-order valence-electron chi connectivity index (χ2n) is 7.38. The Labute approximate surface area is 158 Å². The second kappa shape index (κ2) is 8.35. The van der Waals surface area contributed by atoms with E-state index in [1.807, 2.05) is 4.90 Å². The van der Waals surface area contributed by atoms with E-state index in [9.17, 15) is 4.79 Å². The molecule has 0 radical (unpaired) electrons. The lowest BCUT2D eigenvalue weighted by Crippen LogP contribution is -2.37. The van der Waals surface area contributed by atoms with E-state index in [1.54, 1.807) is 11.3 Å². The van der Waals surface area contributed by atoms with Crippen LogP contribution in [0.25, 0.3) is 0 Å². The molecule has 4 rings (SSSR count). The molecule has 1 atom stereocenters. The number of carbonyl (C=O) groups excluding carboxylic acids is 1. The number of ether oxygens (including phenoxy) is 1. The predicted molar refractivity (Wildman–Crippen MR) is 102 cm³/mol. The minimum Gasteiger partial charge on any atom is -0.376 e. The summed E-state index contributed by atoms with van der Waals surface area (Å²) in [5.41, 5.74) is 4.96. The van der Waals surface area contributed by atoms with Gasteiger partial charge in [-0.1, -0.05) is 0 Å². The molecule has 5 nitrogen and oxygen atoms in total. The van der Waals surface area contributed by atoms with Gasteiger partial charge in [0.05, 0.1) is 11.8 Å². The summed E-state index contributed by atoms with van der Waals surface area (Å²) in [7, 11) is 0. The van der Waals surface area contributed by atoms with Crippen LogP contribution in [0.5, 0.6) is 0 Å². The summed E-state index contributed by atoms with van der Waals surface area (Å²) in [6.07, 6.45) is 8.27. The Morgan fingerprint density at radius 3 is 3.08 bits per heavy atom. The Morgan fingerprint density at radius 1 is 1.35 bits per heavy atom. The molecule has 1 saturated heterocycles. The van der Waals surface area contributed by atoms with Crippen LogP contribution in [0.1, 0.15) is 54.6 Å². The number of aromatic amines is 1. The molecule has 0 saturated carbocycles. The van der Waals surface area contributed by atoms with Crippen LogP contribution in [-0.2, 0) is 35.3 Å². The number of rotatable bonds is 7. The Morgan fingerprint density at radius 2 is 2.27 bits per heavy atom. The molecule has 1 aliphatic heterocycles. The third-order valence-corrected chi connectivity index (χ3v) is 6.20. The third-order valence-electron chi connectivity index (χ3n) is 5.47. The largest absolute Gasteiger partial charge is 0.376 e. The lowest BCUT2D eigenvalue weighted by atomic mass is 9.94. The minimum absolute atomic E-state index is 0.190. The van der Waals surface area contributed by atoms with Gasteiger partial charge in [-0.2, -0.15) is 16.4 Å². The molecule has 2 aliphatic rings. The van der Waals surface area contributed by atoms with Crippen molar-refractivity contribution in [1.29, 1.82) is 0 Å². The molecule has 1 amide bonds. The molecule has 6 heteroatoms. The predicted octanol–water partition coefficient (Wildman–Crippen LogP) is 3.49. The summed E-state index contributed by atoms with van der Waals surface area (Å²) >= 11 is 1.68. The van der Waals surface area contributed by atoms with Crippen molar-refractivity contribution in [3.63, 3.8) is 0 Å². The van der Waals surface area contributed by atoms with Gasteiger partial charge in [-0.25, -0.2) is 0 Å². The van der Waals surface area contributed by atoms with Crippen molar-refractivity contribution < 1.29 is 9.53 Å². The molecular formula is C20H27N3O2S. The van der Waals surface area contributed by atoms with Crippen LogP contribution in [0, 0.1) is 0 Å². The highest BCUT2D eigenvalue weighted by molar-refractivity contribution is 7.07. The normalized spacial score (nSPS) is 19.5. The number of H-pyrrole nitrogens is 1. The van der Waals surface area contributed by atoms with Gasteiger partial charge >= 0.3 is 0 Å². The highest BCUT2D eigenvalue weighted by atomic mass is 32.1. The fraction of sp³-hybridized carbons (Fsp3) is 0.600. The Bertz CT molecular complexity index is 720. The van der Waals surface area contributed by atoms with E-state index in [-0.39, 0.29) is 12.0 Å². The number of amides is 1. The van der Waals surface area contributed by atoms with Crippen molar-refractivity contribution >= 4 is 17.2 Å². The summed E-state index contributed by atoms with van der Waals surface area (Å²) in [5, 5.41) is 11.9. The van der Waals surface area contributed by atoms with Gasteiger partial charge in [0.25, 0.3) is 0 Å². The highest BCUT2D eigenvalue weighted by Crippen LogP contribution is 2.23. The smallest absolute Gasteiger partial charge is 0.223 e. The van der Waals surface area contributed by atoms with Gasteiger partial charge in [0.1, 0.15) is 0 Å². The van der Waals surface area contributed by atoms with Crippen molar-refractivity contribution in [2.75, 3.05) is 13.2 Å².